The van der Waals surface area contributed by atoms with E-state index in [1.807, 2.05) is 0 Å². The molecule has 0 radical (unpaired) electrons. The molecular weight excluding hydrogens is 200 g/mol. The van der Waals surface area contributed by atoms with Crippen molar-refractivity contribution in [1.82, 2.24) is 0 Å². The van der Waals surface area contributed by atoms with Crippen molar-refractivity contribution in [2.24, 2.45) is 5.41 Å². The van der Waals surface area contributed by atoms with Crippen LogP contribution in [0.4, 0.5) is 0 Å². The summed E-state index contributed by atoms with van der Waals surface area (Å²) in [5, 5.41) is 0. The topological polar surface area (TPSA) is 26.3 Å². The molecule has 0 saturated heterocycles. The van der Waals surface area contributed by atoms with Gasteiger partial charge in [-0.15, -0.1) is 11.6 Å². The average molecular weight is 215 g/mol. The van der Waals surface area contributed by atoms with Crippen LogP contribution in [-0.2, 0) is 9.53 Å². The molecule has 0 aromatic carbocycles. The first-order valence-electron chi connectivity index (χ1n) is 5.00. The van der Waals surface area contributed by atoms with Crippen LogP contribution in [0.2, 0.25) is 0 Å². The summed E-state index contributed by atoms with van der Waals surface area (Å²) in [5.74, 6) is 1.63. The number of hydrogen-bond donors (Lipinski definition) is 0. The molecule has 0 spiro atoms. The Bertz CT molecular complexity index is 304. The van der Waals surface area contributed by atoms with Crippen LogP contribution in [0.25, 0.3) is 0 Å². The number of Topliss-reactive ketones (excluding diaryl/α,β-unsaturated/α-hetero) is 1. The van der Waals surface area contributed by atoms with Gasteiger partial charge in [0.15, 0.2) is 5.78 Å². The van der Waals surface area contributed by atoms with Gasteiger partial charge in [0, 0.05) is 24.8 Å². The lowest BCUT2D eigenvalue weighted by Crippen LogP contribution is -2.24. The normalized spacial score (nSPS) is 30.2. The van der Waals surface area contributed by atoms with Crippen molar-refractivity contribution in [3.8, 4) is 0 Å². The van der Waals surface area contributed by atoms with E-state index in [0.717, 1.165) is 17.8 Å². The Kier molecular flexibility index (Phi) is 2.34. The molecule has 0 fully saturated rings. The van der Waals surface area contributed by atoms with E-state index in [4.69, 9.17) is 16.3 Å². The number of carbonyl (C=O) groups is 1. The van der Waals surface area contributed by atoms with E-state index < -0.39 is 0 Å². The van der Waals surface area contributed by atoms with E-state index >= 15 is 0 Å². The van der Waals surface area contributed by atoms with Crippen LogP contribution in [0.3, 0.4) is 0 Å². The quantitative estimate of drug-likeness (QED) is 0.628. The fourth-order valence-electron chi connectivity index (χ4n) is 2.20. The Morgan fingerprint density at radius 3 is 2.86 bits per heavy atom. The maximum absolute atomic E-state index is 11.8. The summed E-state index contributed by atoms with van der Waals surface area (Å²) in [5.41, 5.74) is 0.951. The van der Waals surface area contributed by atoms with Gasteiger partial charge < -0.3 is 4.74 Å². The molecule has 0 saturated carbocycles. The lowest BCUT2D eigenvalue weighted by atomic mass is 9.76. The van der Waals surface area contributed by atoms with Gasteiger partial charge in [0.2, 0.25) is 0 Å². The molecule has 1 heterocycles. The van der Waals surface area contributed by atoms with Gasteiger partial charge in [-0.05, 0) is 5.41 Å². The van der Waals surface area contributed by atoms with Crippen molar-refractivity contribution in [3.05, 3.63) is 11.3 Å². The van der Waals surface area contributed by atoms with E-state index in [-0.39, 0.29) is 17.3 Å². The Hall–Kier alpha value is -0.500. The predicted molar refractivity (Wildman–Crippen MR) is 55.3 cm³/mol. The van der Waals surface area contributed by atoms with Crippen LogP contribution in [0.5, 0.6) is 0 Å². The molecule has 2 rings (SSSR count). The van der Waals surface area contributed by atoms with Gasteiger partial charge in [0.1, 0.15) is 11.9 Å². The zero-order valence-electron chi connectivity index (χ0n) is 8.60. The molecular formula is C11H15ClO2. The van der Waals surface area contributed by atoms with Crippen LogP contribution >= 0.6 is 11.6 Å². The van der Waals surface area contributed by atoms with E-state index in [9.17, 15) is 4.79 Å². The molecule has 2 aliphatic rings. The van der Waals surface area contributed by atoms with Crippen LogP contribution < -0.4 is 0 Å². The number of ketones is 1. The molecule has 1 atom stereocenters. The first-order chi connectivity index (χ1) is 6.52. The molecule has 0 bridgehead atoms. The fourth-order valence-corrected chi connectivity index (χ4v) is 2.37. The molecule has 0 amide bonds. The molecule has 14 heavy (non-hydrogen) atoms. The van der Waals surface area contributed by atoms with Gasteiger partial charge >= 0.3 is 0 Å². The number of rotatable bonds is 1. The zero-order valence-corrected chi connectivity index (χ0v) is 9.36. The van der Waals surface area contributed by atoms with Crippen molar-refractivity contribution in [3.63, 3.8) is 0 Å². The zero-order chi connectivity index (χ0) is 10.3. The van der Waals surface area contributed by atoms with Crippen molar-refractivity contribution >= 4 is 17.4 Å². The second kappa shape index (κ2) is 3.27. The second-order valence-electron chi connectivity index (χ2n) is 4.94. The Labute approximate surface area is 89.3 Å². The fraction of sp³-hybridized carbons (Fsp3) is 0.727. The van der Waals surface area contributed by atoms with Gasteiger partial charge in [0.05, 0.1) is 5.88 Å². The maximum Gasteiger partial charge on any atom is 0.162 e. The lowest BCUT2D eigenvalue weighted by molar-refractivity contribution is -0.118. The minimum Gasteiger partial charge on any atom is -0.493 e. The summed E-state index contributed by atoms with van der Waals surface area (Å²) in [4.78, 5) is 11.8. The molecule has 0 N–H and O–H groups in total. The first-order valence-corrected chi connectivity index (χ1v) is 5.53. The highest BCUT2D eigenvalue weighted by Crippen LogP contribution is 2.42. The Balaban J connectivity index is 2.21. The van der Waals surface area contributed by atoms with Crippen molar-refractivity contribution in [2.45, 2.75) is 39.2 Å². The smallest absolute Gasteiger partial charge is 0.162 e. The highest BCUT2D eigenvalue weighted by atomic mass is 35.5. The van der Waals surface area contributed by atoms with Crippen LogP contribution in [0, 0.1) is 5.41 Å². The highest BCUT2D eigenvalue weighted by Gasteiger charge is 2.39. The highest BCUT2D eigenvalue weighted by molar-refractivity contribution is 6.18. The standard InChI is InChI=1S/C11H15ClO2/c1-11(2)4-9(13)8-3-7(6-12)14-10(8)5-11/h7H,3-6H2,1-2H3. The van der Waals surface area contributed by atoms with Gasteiger partial charge in [-0.25, -0.2) is 0 Å². The maximum atomic E-state index is 11.8. The van der Waals surface area contributed by atoms with Crippen molar-refractivity contribution < 1.29 is 9.53 Å². The number of carbonyl (C=O) groups excluding carboxylic acids is 1. The summed E-state index contributed by atoms with van der Waals surface area (Å²) in [7, 11) is 0. The van der Waals surface area contributed by atoms with Gasteiger partial charge in [-0.2, -0.15) is 0 Å². The third-order valence-corrected chi connectivity index (χ3v) is 3.21. The summed E-state index contributed by atoms with van der Waals surface area (Å²) >= 11 is 5.73. The largest absolute Gasteiger partial charge is 0.493 e. The minimum atomic E-state index is 0.0273. The minimum absolute atomic E-state index is 0.0273. The van der Waals surface area contributed by atoms with E-state index in [1.54, 1.807) is 0 Å². The van der Waals surface area contributed by atoms with Crippen LogP contribution in [0.15, 0.2) is 11.3 Å². The number of allylic oxidation sites excluding steroid dienone is 1. The number of hydrogen-bond acceptors (Lipinski definition) is 2. The van der Waals surface area contributed by atoms with Crippen molar-refractivity contribution in [2.75, 3.05) is 5.88 Å². The Morgan fingerprint density at radius 1 is 1.50 bits per heavy atom. The molecule has 2 nitrogen and oxygen atoms in total. The molecule has 0 aromatic rings. The van der Waals surface area contributed by atoms with Gasteiger partial charge in [0.25, 0.3) is 0 Å². The SMILES string of the molecule is CC1(C)CC(=O)C2=C(C1)OC(CCl)C2. The molecule has 1 unspecified atom stereocenters. The summed E-state index contributed by atoms with van der Waals surface area (Å²) in [6.45, 7) is 4.21. The monoisotopic (exact) mass is 214 g/mol. The van der Waals surface area contributed by atoms with Crippen LogP contribution in [-0.4, -0.2) is 17.8 Å². The third-order valence-electron chi connectivity index (χ3n) is 2.86. The second-order valence-corrected chi connectivity index (χ2v) is 5.25. The van der Waals surface area contributed by atoms with Crippen LogP contribution in [0.1, 0.15) is 33.1 Å². The third kappa shape index (κ3) is 1.68. The lowest BCUT2D eigenvalue weighted by Gasteiger charge is -2.28. The number of ether oxygens (including phenoxy) is 1. The molecule has 1 aliphatic heterocycles. The predicted octanol–water partition coefficient (Wildman–Crippen LogP) is 2.66. The van der Waals surface area contributed by atoms with E-state index in [0.29, 0.717) is 18.7 Å². The van der Waals surface area contributed by atoms with Gasteiger partial charge in [-0.3, -0.25) is 4.79 Å². The summed E-state index contributed by atoms with van der Waals surface area (Å²) in [6.07, 6.45) is 2.26. The Morgan fingerprint density at radius 2 is 2.21 bits per heavy atom. The molecule has 0 aromatic heterocycles. The van der Waals surface area contributed by atoms with Gasteiger partial charge in [-0.1, -0.05) is 13.8 Å². The summed E-state index contributed by atoms with van der Waals surface area (Å²) < 4.78 is 5.65. The molecule has 78 valence electrons. The van der Waals surface area contributed by atoms with E-state index in [2.05, 4.69) is 13.8 Å². The van der Waals surface area contributed by atoms with E-state index in [1.165, 1.54) is 0 Å². The summed E-state index contributed by atoms with van der Waals surface area (Å²) in [6, 6.07) is 0. The average Bonchev–Trinajstić information content (AvgIpc) is 2.45. The van der Waals surface area contributed by atoms with Crippen molar-refractivity contribution in [1.29, 1.82) is 0 Å². The number of halogens is 1. The first kappa shape index (κ1) is 10.0. The molecule has 3 heteroatoms. The molecule has 1 aliphatic carbocycles. The number of alkyl halides is 1.